The van der Waals surface area contributed by atoms with Gasteiger partial charge in [0, 0.05) is 42.7 Å². The Morgan fingerprint density at radius 2 is 1.59 bits per heavy atom. The lowest BCUT2D eigenvalue weighted by atomic mass is 9.95. The molecule has 1 saturated heterocycles. The minimum atomic E-state index is -0.124. The van der Waals surface area contributed by atoms with E-state index in [0.717, 1.165) is 5.56 Å². The van der Waals surface area contributed by atoms with Gasteiger partial charge in [0.15, 0.2) is 0 Å². The second kappa shape index (κ2) is 9.42. The Balaban J connectivity index is 0.00000300. The summed E-state index contributed by atoms with van der Waals surface area (Å²) in [7, 11) is 0. The molecule has 0 saturated carbocycles. The summed E-state index contributed by atoms with van der Waals surface area (Å²) < 4.78 is 0. The zero-order chi connectivity index (χ0) is 20.3. The van der Waals surface area contributed by atoms with Gasteiger partial charge >= 0.3 is 0 Å². The number of amides is 2. The zero-order valence-corrected chi connectivity index (χ0v) is 18.0. The largest absolute Gasteiger partial charge is 0.352 e. The van der Waals surface area contributed by atoms with E-state index in [1.165, 1.54) is 0 Å². The van der Waals surface area contributed by atoms with Gasteiger partial charge in [-0.25, -0.2) is 0 Å². The summed E-state index contributed by atoms with van der Waals surface area (Å²) in [4.78, 5) is 26.9. The van der Waals surface area contributed by atoms with Crippen molar-refractivity contribution < 1.29 is 9.59 Å². The van der Waals surface area contributed by atoms with Crippen LogP contribution in [0.25, 0.3) is 0 Å². The minimum absolute atomic E-state index is 0. The molecular formula is C23H30ClN3O2. The molecule has 1 heterocycles. The van der Waals surface area contributed by atoms with Crippen molar-refractivity contribution >= 4 is 24.2 Å². The van der Waals surface area contributed by atoms with Gasteiger partial charge in [-0.1, -0.05) is 51.1 Å². The van der Waals surface area contributed by atoms with Gasteiger partial charge in [-0.3, -0.25) is 9.59 Å². The van der Waals surface area contributed by atoms with Crippen LogP contribution in [-0.4, -0.2) is 42.4 Å². The standard InChI is InChI=1S/C23H29N3O2.ClH/c1-23(2,3)15-25-21(27)17-9-11-18(12-10-17)22(28)26-13-19(20(24)14-26)16-7-5-4-6-8-16;/h4-12,19-20H,13-15,24H2,1-3H3,(H,25,27);1H/t19-,20+;/m0./s1. The smallest absolute Gasteiger partial charge is 0.253 e. The van der Waals surface area contributed by atoms with Crippen LogP contribution in [0.1, 0.15) is 53.0 Å². The fourth-order valence-corrected chi connectivity index (χ4v) is 3.44. The van der Waals surface area contributed by atoms with Gasteiger partial charge in [0.25, 0.3) is 11.8 Å². The molecule has 1 fully saturated rings. The zero-order valence-electron chi connectivity index (χ0n) is 17.2. The van der Waals surface area contributed by atoms with Crippen molar-refractivity contribution in [1.29, 1.82) is 0 Å². The summed E-state index contributed by atoms with van der Waals surface area (Å²) in [5, 5.41) is 2.92. The molecular weight excluding hydrogens is 386 g/mol. The SMILES string of the molecule is CC(C)(C)CNC(=O)c1ccc(C(=O)N2C[C@@H](N)[C@H](c3ccccc3)C2)cc1.Cl. The van der Waals surface area contributed by atoms with Crippen LogP contribution in [0.2, 0.25) is 0 Å². The predicted molar refractivity (Wildman–Crippen MR) is 119 cm³/mol. The molecule has 0 spiro atoms. The van der Waals surface area contributed by atoms with Gasteiger partial charge in [0.1, 0.15) is 0 Å². The molecule has 0 aliphatic carbocycles. The molecule has 5 nitrogen and oxygen atoms in total. The summed E-state index contributed by atoms with van der Waals surface area (Å²) in [6, 6.07) is 16.9. The number of carbonyl (C=O) groups excluding carboxylic acids is 2. The Morgan fingerprint density at radius 1 is 1.00 bits per heavy atom. The van der Waals surface area contributed by atoms with Crippen molar-refractivity contribution in [2.45, 2.75) is 32.7 Å². The van der Waals surface area contributed by atoms with Gasteiger partial charge in [0.05, 0.1) is 0 Å². The summed E-state index contributed by atoms with van der Waals surface area (Å²) in [5.41, 5.74) is 8.62. The lowest BCUT2D eigenvalue weighted by molar-refractivity contribution is 0.0788. The fourth-order valence-electron chi connectivity index (χ4n) is 3.44. The summed E-state index contributed by atoms with van der Waals surface area (Å²) in [6.07, 6.45) is 0. The minimum Gasteiger partial charge on any atom is -0.352 e. The van der Waals surface area contributed by atoms with E-state index in [2.05, 4.69) is 38.2 Å². The molecule has 2 amide bonds. The van der Waals surface area contributed by atoms with Crippen molar-refractivity contribution in [2.24, 2.45) is 11.1 Å². The molecule has 1 aliphatic rings. The first-order valence-electron chi connectivity index (χ1n) is 9.73. The molecule has 156 valence electrons. The number of nitrogens with one attached hydrogen (secondary N) is 1. The maximum Gasteiger partial charge on any atom is 0.253 e. The van der Waals surface area contributed by atoms with Crippen LogP contribution < -0.4 is 11.1 Å². The van der Waals surface area contributed by atoms with Crippen molar-refractivity contribution in [3.05, 3.63) is 71.3 Å². The first kappa shape index (κ1) is 22.9. The van der Waals surface area contributed by atoms with E-state index in [0.29, 0.717) is 30.8 Å². The molecule has 0 bridgehead atoms. The molecule has 0 aromatic heterocycles. The highest BCUT2D eigenvalue weighted by molar-refractivity contribution is 5.98. The van der Waals surface area contributed by atoms with E-state index >= 15 is 0 Å². The van der Waals surface area contributed by atoms with E-state index in [-0.39, 0.29) is 41.6 Å². The monoisotopic (exact) mass is 415 g/mol. The van der Waals surface area contributed by atoms with E-state index in [1.54, 1.807) is 29.2 Å². The van der Waals surface area contributed by atoms with Gasteiger partial charge in [-0.05, 0) is 35.2 Å². The third-order valence-corrected chi connectivity index (χ3v) is 5.05. The number of nitrogens with zero attached hydrogens (tertiary/aromatic N) is 1. The van der Waals surface area contributed by atoms with E-state index in [1.807, 2.05) is 18.2 Å². The van der Waals surface area contributed by atoms with E-state index in [9.17, 15) is 9.59 Å². The Hall–Kier alpha value is -2.37. The molecule has 3 N–H and O–H groups in total. The first-order chi connectivity index (χ1) is 13.2. The van der Waals surface area contributed by atoms with Crippen molar-refractivity contribution in [3.63, 3.8) is 0 Å². The van der Waals surface area contributed by atoms with E-state index < -0.39 is 0 Å². The van der Waals surface area contributed by atoms with Gasteiger partial charge < -0.3 is 16.0 Å². The highest BCUT2D eigenvalue weighted by Crippen LogP contribution is 2.27. The number of hydrogen-bond acceptors (Lipinski definition) is 3. The molecule has 0 unspecified atom stereocenters. The lowest BCUT2D eigenvalue weighted by Gasteiger charge is -2.19. The van der Waals surface area contributed by atoms with Crippen LogP contribution in [0.3, 0.4) is 0 Å². The second-order valence-corrected chi connectivity index (χ2v) is 8.71. The average Bonchev–Trinajstić information content (AvgIpc) is 3.07. The summed E-state index contributed by atoms with van der Waals surface area (Å²) >= 11 is 0. The highest BCUT2D eigenvalue weighted by Gasteiger charge is 2.34. The molecule has 29 heavy (non-hydrogen) atoms. The van der Waals surface area contributed by atoms with Gasteiger partial charge in [-0.15, -0.1) is 12.4 Å². The highest BCUT2D eigenvalue weighted by atomic mass is 35.5. The number of rotatable bonds is 4. The Kier molecular flexibility index (Phi) is 7.44. The average molecular weight is 416 g/mol. The molecule has 0 radical (unpaired) electrons. The predicted octanol–water partition coefficient (Wildman–Crippen LogP) is 3.45. The summed E-state index contributed by atoms with van der Waals surface area (Å²) in [6.45, 7) is 7.94. The van der Waals surface area contributed by atoms with Crippen LogP contribution >= 0.6 is 12.4 Å². The Bertz CT molecular complexity index is 831. The van der Waals surface area contributed by atoms with Crippen LogP contribution in [0, 0.1) is 5.41 Å². The number of nitrogens with two attached hydrogens (primary N) is 1. The molecule has 1 aliphatic heterocycles. The van der Waals surface area contributed by atoms with Crippen LogP contribution in [0.5, 0.6) is 0 Å². The molecule has 2 aromatic rings. The maximum absolute atomic E-state index is 12.9. The van der Waals surface area contributed by atoms with E-state index in [4.69, 9.17) is 5.73 Å². The Morgan fingerprint density at radius 3 is 2.17 bits per heavy atom. The third kappa shape index (κ3) is 5.81. The Labute approximate surface area is 179 Å². The van der Waals surface area contributed by atoms with Gasteiger partial charge in [0.2, 0.25) is 0 Å². The number of carbonyl (C=O) groups is 2. The normalized spacial score (nSPS) is 18.8. The van der Waals surface area contributed by atoms with Crippen LogP contribution in [-0.2, 0) is 0 Å². The van der Waals surface area contributed by atoms with Crippen molar-refractivity contribution in [3.8, 4) is 0 Å². The summed E-state index contributed by atoms with van der Waals surface area (Å²) in [5.74, 6) is -0.0237. The number of hydrogen-bond donors (Lipinski definition) is 2. The molecule has 2 aromatic carbocycles. The van der Waals surface area contributed by atoms with Crippen molar-refractivity contribution in [1.82, 2.24) is 10.2 Å². The fraction of sp³-hybridized carbons (Fsp3) is 0.391. The quantitative estimate of drug-likeness (QED) is 0.802. The van der Waals surface area contributed by atoms with Crippen LogP contribution in [0.15, 0.2) is 54.6 Å². The third-order valence-electron chi connectivity index (χ3n) is 5.05. The van der Waals surface area contributed by atoms with Crippen LogP contribution in [0.4, 0.5) is 0 Å². The molecule has 3 rings (SSSR count). The molecule has 6 heteroatoms. The topological polar surface area (TPSA) is 75.4 Å². The van der Waals surface area contributed by atoms with Gasteiger partial charge in [-0.2, -0.15) is 0 Å². The lowest BCUT2D eigenvalue weighted by Crippen LogP contribution is -2.33. The first-order valence-corrected chi connectivity index (χ1v) is 9.73. The number of likely N-dealkylation sites (tertiary alicyclic amines) is 1. The number of halogens is 1. The maximum atomic E-state index is 12.9. The van der Waals surface area contributed by atoms with Crippen molar-refractivity contribution in [2.75, 3.05) is 19.6 Å². The number of benzene rings is 2. The molecule has 2 atom stereocenters. The second-order valence-electron chi connectivity index (χ2n) is 8.71.